The van der Waals surface area contributed by atoms with Crippen molar-refractivity contribution in [3.63, 3.8) is 0 Å². The van der Waals surface area contributed by atoms with Crippen LogP contribution in [0.25, 0.3) is 10.8 Å². The molecule has 0 fully saturated rings. The van der Waals surface area contributed by atoms with Crippen LogP contribution in [0, 0.1) is 6.92 Å². The monoisotopic (exact) mass is 319 g/mol. The zero-order valence-corrected chi connectivity index (χ0v) is 14.0. The molecule has 1 atom stereocenters. The third-order valence-corrected chi connectivity index (χ3v) is 4.01. The van der Waals surface area contributed by atoms with E-state index in [0.717, 1.165) is 22.1 Å². The lowest BCUT2D eigenvalue weighted by Gasteiger charge is -2.16. The number of amides is 1. The molecule has 0 heterocycles. The summed E-state index contributed by atoms with van der Waals surface area (Å²) in [4.78, 5) is 12.3. The minimum absolute atomic E-state index is 0.122. The summed E-state index contributed by atoms with van der Waals surface area (Å²) in [5.74, 6) is 0.606. The molecule has 0 bridgehead atoms. The molecular formula is C21H21NO2. The standard InChI is InChI=1S/C21H21NO2/c1-15-10-12-17(13-11-15)14-22-21(23)16(2)24-20-9-5-7-18-6-3-4-8-19(18)20/h3-13,16H,14H2,1-2H3,(H,22,23)/t16-/m1/s1. The van der Waals surface area contributed by atoms with Crippen molar-refractivity contribution in [2.75, 3.05) is 0 Å². The second-order valence-corrected chi connectivity index (χ2v) is 5.94. The molecule has 24 heavy (non-hydrogen) atoms. The summed E-state index contributed by atoms with van der Waals surface area (Å²) >= 11 is 0. The molecule has 0 unspecified atom stereocenters. The minimum Gasteiger partial charge on any atom is -0.480 e. The van der Waals surface area contributed by atoms with Gasteiger partial charge in [-0.05, 0) is 30.9 Å². The average Bonchev–Trinajstić information content (AvgIpc) is 2.61. The van der Waals surface area contributed by atoms with Crippen LogP contribution >= 0.6 is 0 Å². The number of nitrogens with one attached hydrogen (secondary N) is 1. The molecule has 1 amide bonds. The summed E-state index contributed by atoms with van der Waals surface area (Å²) in [5.41, 5.74) is 2.28. The van der Waals surface area contributed by atoms with E-state index < -0.39 is 6.10 Å². The lowest BCUT2D eigenvalue weighted by atomic mass is 10.1. The number of carbonyl (C=O) groups excluding carboxylic acids is 1. The van der Waals surface area contributed by atoms with Crippen LogP contribution in [0.4, 0.5) is 0 Å². The number of hydrogen-bond donors (Lipinski definition) is 1. The molecule has 3 heteroatoms. The summed E-state index contributed by atoms with van der Waals surface area (Å²) in [7, 11) is 0. The van der Waals surface area contributed by atoms with Crippen LogP contribution in [0.5, 0.6) is 5.75 Å². The Hall–Kier alpha value is -2.81. The number of fused-ring (bicyclic) bond motifs is 1. The summed E-state index contributed by atoms with van der Waals surface area (Å²) in [6, 6.07) is 22.0. The molecule has 3 nitrogen and oxygen atoms in total. The number of carbonyl (C=O) groups is 1. The van der Waals surface area contributed by atoms with Gasteiger partial charge in [0.1, 0.15) is 5.75 Å². The van der Waals surface area contributed by atoms with Gasteiger partial charge in [-0.25, -0.2) is 0 Å². The van der Waals surface area contributed by atoms with Crippen molar-refractivity contribution in [3.8, 4) is 5.75 Å². The molecular weight excluding hydrogens is 298 g/mol. The van der Waals surface area contributed by atoms with Gasteiger partial charge in [-0.2, -0.15) is 0 Å². The van der Waals surface area contributed by atoms with Crippen molar-refractivity contribution in [2.45, 2.75) is 26.5 Å². The first-order chi connectivity index (χ1) is 11.6. The highest BCUT2D eigenvalue weighted by atomic mass is 16.5. The molecule has 0 aliphatic heterocycles. The number of benzene rings is 3. The van der Waals surface area contributed by atoms with E-state index >= 15 is 0 Å². The van der Waals surface area contributed by atoms with Crippen molar-refractivity contribution < 1.29 is 9.53 Å². The largest absolute Gasteiger partial charge is 0.480 e. The molecule has 0 aromatic heterocycles. The number of aryl methyl sites for hydroxylation is 1. The molecule has 0 spiro atoms. The predicted octanol–water partition coefficient (Wildman–Crippen LogP) is 4.23. The van der Waals surface area contributed by atoms with Crippen molar-refractivity contribution in [2.24, 2.45) is 0 Å². The first kappa shape index (κ1) is 16.1. The SMILES string of the molecule is Cc1ccc(CNC(=O)[C@@H](C)Oc2cccc3ccccc23)cc1. The fraction of sp³-hybridized carbons (Fsp3) is 0.190. The van der Waals surface area contributed by atoms with Crippen LogP contribution < -0.4 is 10.1 Å². The van der Waals surface area contributed by atoms with Gasteiger partial charge in [-0.15, -0.1) is 0 Å². The molecule has 1 N–H and O–H groups in total. The van der Waals surface area contributed by atoms with Gasteiger partial charge in [0.05, 0.1) is 0 Å². The van der Waals surface area contributed by atoms with E-state index in [1.54, 1.807) is 6.92 Å². The highest BCUT2D eigenvalue weighted by molar-refractivity contribution is 5.89. The zero-order valence-electron chi connectivity index (χ0n) is 14.0. The molecule has 122 valence electrons. The van der Waals surface area contributed by atoms with E-state index in [2.05, 4.69) is 5.32 Å². The molecule has 0 saturated heterocycles. The maximum atomic E-state index is 12.3. The molecule has 0 saturated carbocycles. The Labute approximate surface area is 142 Å². The summed E-state index contributed by atoms with van der Waals surface area (Å²) < 4.78 is 5.88. The number of hydrogen-bond acceptors (Lipinski definition) is 2. The summed E-state index contributed by atoms with van der Waals surface area (Å²) in [6.07, 6.45) is -0.554. The summed E-state index contributed by atoms with van der Waals surface area (Å²) in [5, 5.41) is 5.03. The van der Waals surface area contributed by atoms with Gasteiger partial charge < -0.3 is 10.1 Å². The number of rotatable bonds is 5. The maximum Gasteiger partial charge on any atom is 0.261 e. The Morgan fingerprint density at radius 1 is 1.00 bits per heavy atom. The van der Waals surface area contributed by atoms with Crippen molar-refractivity contribution >= 4 is 16.7 Å². The van der Waals surface area contributed by atoms with E-state index in [0.29, 0.717) is 6.54 Å². The van der Waals surface area contributed by atoms with Gasteiger partial charge in [-0.3, -0.25) is 4.79 Å². The van der Waals surface area contributed by atoms with Crippen LogP contribution in [0.3, 0.4) is 0 Å². The second-order valence-electron chi connectivity index (χ2n) is 5.94. The molecule has 0 radical (unpaired) electrons. The average molecular weight is 319 g/mol. The van der Waals surface area contributed by atoms with Gasteiger partial charge in [0, 0.05) is 11.9 Å². The van der Waals surface area contributed by atoms with E-state index in [1.165, 1.54) is 5.56 Å². The van der Waals surface area contributed by atoms with Gasteiger partial charge in [0.25, 0.3) is 5.91 Å². The van der Waals surface area contributed by atoms with E-state index in [4.69, 9.17) is 4.74 Å². The van der Waals surface area contributed by atoms with Crippen LogP contribution in [0.15, 0.2) is 66.7 Å². The normalized spacial score (nSPS) is 11.9. The summed E-state index contributed by atoms with van der Waals surface area (Å²) in [6.45, 7) is 4.32. The van der Waals surface area contributed by atoms with E-state index in [-0.39, 0.29) is 5.91 Å². The predicted molar refractivity (Wildman–Crippen MR) is 97.1 cm³/mol. The fourth-order valence-electron chi connectivity index (χ4n) is 2.58. The topological polar surface area (TPSA) is 38.3 Å². The molecule has 0 aliphatic carbocycles. The highest BCUT2D eigenvalue weighted by Crippen LogP contribution is 2.26. The van der Waals surface area contributed by atoms with Crippen LogP contribution in [0.2, 0.25) is 0 Å². The fourth-order valence-corrected chi connectivity index (χ4v) is 2.58. The van der Waals surface area contributed by atoms with Crippen LogP contribution in [0.1, 0.15) is 18.1 Å². The van der Waals surface area contributed by atoms with E-state index in [9.17, 15) is 4.79 Å². The Kier molecular flexibility index (Phi) is 4.80. The quantitative estimate of drug-likeness (QED) is 0.764. The minimum atomic E-state index is -0.554. The Morgan fingerprint density at radius 2 is 1.71 bits per heavy atom. The zero-order chi connectivity index (χ0) is 16.9. The van der Waals surface area contributed by atoms with Crippen molar-refractivity contribution in [3.05, 3.63) is 77.9 Å². The first-order valence-corrected chi connectivity index (χ1v) is 8.11. The third kappa shape index (κ3) is 3.74. The van der Waals surface area contributed by atoms with E-state index in [1.807, 2.05) is 73.7 Å². The Morgan fingerprint density at radius 3 is 2.50 bits per heavy atom. The van der Waals surface area contributed by atoms with Crippen LogP contribution in [-0.2, 0) is 11.3 Å². The number of ether oxygens (including phenoxy) is 1. The second kappa shape index (κ2) is 7.18. The lowest BCUT2D eigenvalue weighted by molar-refractivity contribution is -0.127. The lowest BCUT2D eigenvalue weighted by Crippen LogP contribution is -2.35. The van der Waals surface area contributed by atoms with Crippen LogP contribution in [-0.4, -0.2) is 12.0 Å². The molecule has 3 aromatic carbocycles. The van der Waals surface area contributed by atoms with Crippen molar-refractivity contribution in [1.29, 1.82) is 0 Å². The van der Waals surface area contributed by atoms with Gasteiger partial charge >= 0.3 is 0 Å². The van der Waals surface area contributed by atoms with Gasteiger partial charge in [0.15, 0.2) is 6.10 Å². The smallest absolute Gasteiger partial charge is 0.261 e. The Balaban J connectivity index is 1.64. The van der Waals surface area contributed by atoms with Crippen molar-refractivity contribution in [1.82, 2.24) is 5.32 Å². The molecule has 0 aliphatic rings. The van der Waals surface area contributed by atoms with Gasteiger partial charge in [0.2, 0.25) is 0 Å². The first-order valence-electron chi connectivity index (χ1n) is 8.11. The third-order valence-electron chi connectivity index (χ3n) is 4.01. The molecule has 3 aromatic rings. The Bertz CT molecular complexity index is 835. The molecule has 3 rings (SSSR count). The van der Waals surface area contributed by atoms with Gasteiger partial charge in [-0.1, -0.05) is 66.2 Å². The highest BCUT2D eigenvalue weighted by Gasteiger charge is 2.15. The maximum absolute atomic E-state index is 12.3.